The predicted octanol–water partition coefficient (Wildman–Crippen LogP) is 1.96. The van der Waals surface area contributed by atoms with Gasteiger partial charge in [-0.3, -0.25) is 9.69 Å². The fraction of sp³-hybridized carbons (Fsp3) is 0.632. The molecular formula is C19H32N4O. The van der Waals surface area contributed by atoms with Crippen LogP contribution in [0, 0.1) is 0 Å². The highest BCUT2D eigenvalue weighted by Crippen LogP contribution is 2.24. The zero-order valence-electron chi connectivity index (χ0n) is 15.6. The van der Waals surface area contributed by atoms with Crippen LogP contribution in [0.2, 0.25) is 0 Å². The van der Waals surface area contributed by atoms with Crippen molar-refractivity contribution in [3.05, 3.63) is 29.8 Å². The van der Waals surface area contributed by atoms with Gasteiger partial charge in [0.2, 0.25) is 5.91 Å². The first-order valence-corrected chi connectivity index (χ1v) is 8.97. The smallest absolute Gasteiger partial charge is 0.220 e. The Morgan fingerprint density at radius 1 is 1.17 bits per heavy atom. The van der Waals surface area contributed by atoms with Crippen molar-refractivity contribution in [3.8, 4) is 0 Å². The Morgan fingerprint density at radius 2 is 1.79 bits per heavy atom. The van der Waals surface area contributed by atoms with E-state index in [0.29, 0.717) is 13.0 Å². The summed E-state index contributed by atoms with van der Waals surface area (Å²) in [5.74, 6) is 0.154. The van der Waals surface area contributed by atoms with E-state index < -0.39 is 0 Å². The number of benzene rings is 1. The van der Waals surface area contributed by atoms with Crippen LogP contribution in [0.4, 0.5) is 5.69 Å². The van der Waals surface area contributed by atoms with Gasteiger partial charge in [-0.25, -0.2) is 0 Å². The summed E-state index contributed by atoms with van der Waals surface area (Å²) in [6, 6.07) is 8.96. The molecular weight excluding hydrogens is 300 g/mol. The minimum absolute atomic E-state index is 0.154. The minimum Gasteiger partial charge on any atom is -0.378 e. The van der Waals surface area contributed by atoms with Crippen molar-refractivity contribution in [2.24, 2.45) is 0 Å². The summed E-state index contributed by atoms with van der Waals surface area (Å²) in [5.41, 5.74) is 2.48. The molecule has 1 heterocycles. The lowest BCUT2D eigenvalue weighted by atomic mass is 10.0. The van der Waals surface area contributed by atoms with Crippen LogP contribution in [0.1, 0.15) is 31.4 Å². The second kappa shape index (κ2) is 9.04. The highest BCUT2D eigenvalue weighted by Gasteiger charge is 2.24. The van der Waals surface area contributed by atoms with E-state index in [2.05, 4.69) is 65.4 Å². The monoisotopic (exact) mass is 332 g/mol. The molecule has 24 heavy (non-hydrogen) atoms. The van der Waals surface area contributed by atoms with Crippen LogP contribution < -0.4 is 10.2 Å². The molecule has 1 aromatic carbocycles. The van der Waals surface area contributed by atoms with E-state index in [1.54, 1.807) is 0 Å². The number of rotatable bonds is 7. The molecule has 0 aliphatic carbocycles. The minimum atomic E-state index is 0.154. The molecule has 5 heteroatoms. The first-order chi connectivity index (χ1) is 11.5. The fourth-order valence-corrected chi connectivity index (χ4v) is 3.11. The van der Waals surface area contributed by atoms with Gasteiger partial charge in [-0.2, -0.15) is 0 Å². The third kappa shape index (κ3) is 5.21. The molecule has 134 valence electrons. The van der Waals surface area contributed by atoms with Crippen LogP contribution in [0.15, 0.2) is 24.3 Å². The quantitative estimate of drug-likeness (QED) is 0.828. The summed E-state index contributed by atoms with van der Waals surface area (Å²) in [6.45, 7) is 6.96. The van der Waals surface area contributed by atoms with Gasteiger partial charge in [0.25, 0.3) is 0 Å². The molecule has 1 aliphatic rings. The Morgan fingerprint density at radius 3 is 2.33 bits per heavy atom. The number of carbonyl (C=O) groups excluding carboxylic acids is 1. The Balaban J connectivity index is 2.10. The molecule has 5 nitrogen and oxygen atoms in total. The molecule has 1 aromatic rings. The molecule has 1 unspecified atom stereocenters. The summed E-state index contributed by atoms with van der Waals surface area (Å²) in [5, 5.41) is 3.12. The van der Waals surface area contributed by atoms with Crippen molar-refractivity contribution in [1.29, 1.82) is 0 Å². The highest BCUT2D eigenvalue weighted by molar-refractivity contribution is 5.75. The van der Waals surface area contributed by atoms with Crippen molar-refractivity contribution in [1.82, 2.24) is 15.1 Å². The molecule has 2 rings (SSSR count). The number of nitrogens with one attached hydrogen (secondary N) is 1. The predicted molar refractivity (Wildman–Crippen MR) is 100 cm³/mol. The maximum atomic E-state index is 11.9. The first-order valence-electron chi connectivity index (χ1n) is 8.97. The van der Waals surface area contributed by atoms with Gasteiger partial charge >= 0.3 is 0 Å². The van der Waals surface area contributed by atoms with E-state index in [0.717, 1.165) is 32.6 Å². The van der Waals surface area contributed by atoms with E-state index in [9.17, 15) is 4.79 Å². The topological polar surface area (TPSA) is 38.8 Å². The number of piperazine rings is 1. The number of hydrogen-bond acceptors (Lipinski definition) is 4. The largest absolute Gasteiger partial charge is 0.378 e. The van der Waals surface area contributed by atoms with Crippen molar-refractivity contribution < 1.29 is 4.79 Å². The number of nitrogens with zero attached hydrogens (tertiary/aromatic N) is 3. The Hall–Kier alpha value is -1.59. The standard InChI is InChI=1S/C19H32N4O/c1-5-6-19(24)20-15-18(23-13-11-22(4)12-14-23)16-7-9-17(10-8-16)21(2)3/h7-10,18H,5-6,11-15H2,1-4H3,(H,20,24). The fourth-order valence-electron chi connectivity index (χ4n) is 3.11. The van der Waals surface area contributed by atoms with Crippen molar-refractivity contribution in [2.45, 2.75) is 25.8 Å². The lowest BCUT2D eigenvalue weighted by Gasteiger charge is -2.38. The third-order valence-electron chi connectivity index (χ3n) is 4.74. The molecule has 0 radical (unpaired) electrons. The lowest BCUT2D eigenvalue weighted by molar-refractivity contribution is -0.121. The van der Waals surface area contributed by atoms with Crippen molar-refractivity contribution in [3.63, 3.8) is 0 Å². The Kier molecular flexibility index (Phi) is 7.06. The van der Waals surface area contributed by atoms with Gasteiger partial charge in [0.05, 0.1) is 6.04 Å². The van der Waals surface area contributed by atoms with E-state index in [1.165, 1.54) is 11.3 Å². The maximum Gasteiger partial charge on any atom is 0.220 e. The summed E-state index contributed by atoms with van der Waals surface area (Å²) in [4.78, 5) is 18.9. The molecule has 1 aliphatic heterocycles. The van der Waals surface area contributed by atoms with Crippen LogP contribution in [-0.4, -0.2) is 69.6 Å². The summed E-state index contributed by atoms with van der Waals surface area (Å²) in [6.07, 6.45) is 1.50. The summed E-state index contributed by atoms with van der Waals surface area (Å²) >= 11 is 0. The van der Waals surface area contributed by atoms with E-state index in [-0.39, 0.29) is 11.9 Å². The van der Waals surface area contributed by atoms with E-state index in [4.69, 9.17) is 0 Å². The van der Waals surface area contributed by atoms with Gasteiger partial charge in [-0.05, 0) is 31.2 Å². The normalized spacial score (nSPS) is 17.5. The average Bonchev–Trinajstić information content (AvgIpc) is 2.57. The molecule has 0 saturated carbocycles. The maximum absolute atomic E-state index is 11.9. The van der Waals surface area contributed by atoms with Crippen LogP contribution >= 0.6 is 0 Å². The van der Waals surface area contributed by atoms with Gasteiger partial charge in [-0.1, -0.05) is 19.1 Å². The van der Waals surface area contributed by atoms with Gasteiger partial charge in [0.15, 0.2) is 0 Å². The zero-order chi connectivity index (χ0) is 17.5. The number of carbonyl (C=O) groups is 1. The molecule has 1 fully saturated rings. The zero-order valence-corrected chi connectivity index (χ0v) is 15.6. The van der Waals surface area contributed by atoms with Crippen molar-refractivity contribution in [2.75, 3.05) is 58.8 Å². The van der Waals surface area contributed by atoms with Crippen LogP contribution in [0.25, 0.3) is 0 Å². The lowest BCUT2D eigenvalue weighted by Crippen LogP contribution is -2.48. The third-order valence-corrected chi connectivity index (χ3v) is 4.74. The van der Waals surface area contributed by atoms with Gasteiger partial charge < -0.3 is 15.1 Å². The molecule has 1 N–H and O–H groups in total. The van der Waals surface area contributed by atoms with Gasteiger partial charge in [0, 0.05) is 58.9 Å². The van der Waals surface area contributed by atoms with Crippen LogP contribution in [0.5, 0.6) is 0 Å². The number of amides is 1. The van der Waals surface area contributed by atoms with Crippen LogP contribution in [-0.2, 0) is 4.79 Å². The molecule has 1 saturated heterocycles. The molecule has 0 spiro atoms. The molecule has 1 atom stereocenters. The number of likely N-dealkylation sites (N-methyl/N-ethyl adjacent to an activating group) is 1. The van der Waals surface area contributed by atoms with Gasteiger partial charge in [0.1, 0.15) is 0 Å². The van der Waals surface area contributed by atoms with E-state index >= 15 is 0 Å². The summed E-state index contributed by atoms with van der Waals surface area (Å²) in [7, 11) is 6.27. The SMILES string of the molecule is CCCC(=O)NCC(c1ccc(N(C)C)cc1)N1CCN(C)CC1. The molecule has 0 bridgehead atoms. The molecule has 1 amide bonds. The Labute approximate surface area is 146 Å². The second-order valence-corrected chi connectivity index (χ2v) is 6.90. The number of hydrogen-bond donors (Lipinski definition) is 1. The van der Waals surface area contributed by atoms with Gasteiger partial charge in [-0.15, -0.1) is 0 Å². The second-order valence-electron chi connectivity index (χ2n) is 6.90. The highest BCUT2D eigenvalue weighted by atomic mass is 16.1. The molecule has 0 aromatic heterocycles. The average molecular weight is 332 g/mol. The first kappa shape index (κ1) is 18.7. The van der Waals surface area contributed by atoms with Crippen LogP contribution in [0.3, 0.4) is 0 Å². The number of anilines is 1. The van der Waals surface area contributed by atoms with Crippen molar-refractivity contribution >= 4 is 11.6 Å². The summed E-state index contributed by atoms with van der Waals surface area (Å²) < 4.78 is 0. The Bertz CT molecular complexity index is 507. The van der Waals surface area contributed by atoms with E-state index in [1.807, 2.05) is 6.92 Å².